The third-order valence-corrected chi connectivity index (χ3v) is 3.50. The van der Waals surface area contributed by atoms with E-state index in [2.05, 4.69) is 5.32 Å². The first kappa shape index (κ1) is 18.9. The fourth-order valence-corrected chi connectivity index (χ4v) is 2.40. The van der Waals surface area contributed by atoms with Crippen LogP contribution in [0.2, 0.25) is 0 Å². The van der Waals surface area contributed by atoms with Crippen LogP contribution in [-0.2, 0) is 19.1 Å². The number of carboxylic acid groups (broad SMARTS) is 1. The van der Waals surface area contributed by atoms with Gasteiger partial charge in [0, 0.05) is 33.2 Å². The minimum absolute atomic E-state index is 0.106. The van der Waals surface area contributed by atoms with Crippen molar-refractivity contribution >= 4 is 11.9 Å². The van der Waals surface area contributed by atoms with Gasteiger partial charge in [-0.2, -0.15) is 0 Å². The highest BCUT2D eigenvalue weighted by molar-refractivity contribution is 5.77. The molecular formula is C15H28N2O5. The first-order valence-electron chi connectivity index (χ1n) is 7.97. The molecule has 1 unspecified atom stereocenters. The van der Waals surface area contributed by atoms with Gasteiger partial charge in [-0.15, -0.1) is 0 Å². The Morgan fingerprint density at radius 1 is 1.27 bits per heavy atom. The number of rotatable bonds is 4. The molecule has 2 saturated heterocycles. The maximum atomic E-state index is 11.9. The maximum Gasteiger partial charge on any atom is 0.300 e. The highest BCUT2D eigenvalue weighted by atomic mass is 16.5. The Morgan fingerprint density at radius 2 is 2.05 bits per heavy atom. The summed E-state index contributed by atoms with van der Waals surface area (Å²) in [4.78, 5) is 22.8. The zero-order valence-corrected chi connectivity index (χ0v) is 13.4. The summed E-state index contributed by atoms with van der Waals surface area (Å²) in [7, 11) is 0. The number of hydrogen-bond donors (Lipinski definition) is 2. The van der Waals surface area contributed by atoms with Crippen LogP contribution >= 0.6 is 0 Å². The Kier molecular flexibility index (Phi) is 9.77. The first-order chi connectivity index (χ1) is 10.6. The molecule has 2 rings (SSSR count). The number of carbonyl (C=O) groups is 2. The number of ether oxygens (including phenoxy) is 2. The van der Waals surface area contributed by atoms with Crippen molar-refractivity contribution in [1.82, 2.24) is 10.2 Å². The molecule has 2 heterocycles. The van der Waals surface area contributed by atoms with E-state index in [4.69, 9.17) is 19.4 Å². The van der Waals surface area contributed by atoms with Crippen LogP contribution in [0.1, 0.15) is 32.6 Å². The monoisotopic (exact) mass is 316 g/mol. The molecule has 0 spiro atoms. The zero-order chi connectivity index (χ0) is 16.2. The van der Waals surface area contributed by atoms with Gasteiger partial charge < -0.3 is 24.8 Å². The third kappa shape index (κ3) is 8.96. The highest BCUT2D eigenvalue weighted by Gasteiger charge is 2.17. The van der Waals surface area contributed by atoms with Crippen molar-refractivity contribution in [3.63, 3.8) is 0 Å². The summed E-state index contributed by atoms with van der Waals surface area (Å²) in [6.45, 7) is 6.19. The van der Waals surface area contributed by atoms with Gasteiger partial charge in [0.1, 0.15) is 6.61 Å². The summed E-state index contributed by atoms with van der Waals surface area (Å²) < 4.78 is 11.1. The van der Waals surface area contributed by atoms with E-state index in [9.17, 15) is 4.79 Å². The van der Waals surface area contributed by atoms with Crippen LogP contribution in [0.15, 0.2) is 0 Å². The van der Waals surface area contributed by atoms with Crippen molar-refractivity contribution < 1.29 is 24.2 Å². The van der Waals surface area contributed by atoms with Crippen molar-refractivity contribution in [1.29, 1.82) is 0 Å². The molecule has 0 aromatic rings. The molecule has 0 saturated carbocycles. The predicted molar refractivity (Wildman–Crippen MR) is 81.8 cm³/mol. The molecule has 0 radical (unpaired) electrons. The molecule has 0 aliphatic carbocycles. The van der Waals surface area contributed by atoms with Crippen LogP contribution in [0.3, 0.4) is 0 Å². The van der Waals surface area contributed by atoms with E-state index >= 15 is 0 Å². The second-order valence-corrected chi connectivity index (χ2v) is 5.51. The SMILES string of the molecule is CC(=O)O.O=C(COCC1CCCCO1)N1CCCNCC1. The van der Waals surface area contributed by atoms with Gasteiger partial charge in [0.15, 0.2) is 0 Å². The van der Waals surface area contributed by atoms with Gasteiger partial charge in [0.05, 0.1) is 12.7 Å². The summed E-state index contributed by atoms with van der Waals surface area (Å²) in [6, 6.07) is 0. The minimum Gasteiger partial charge on any atom is -0.481 e. The number of carboxylic acids is 1. The maximum absolute atomic E-state index is 11.9. The lowest BCUT2D eigenvalue weighted by molar-refractivity contribution is -0.138. The largest absolute Gasteiger partial charge is 0.481 e. The molecule has 1 atom stereocenters. The van der Waals surface area contributed by atoms with Crippen LogP contribution in [-0.4, -0.2) is 74.0 Å². The van der Waals surface area contributed by atoms with Crippen molar-refractivity contribution in [2.75, 3.05) is 46.0 Å². The van der Waals surface area contributed by atoms with Crippen LogP contribution in [0.5, 0.6) is 0 Å². The van der Waals surface area contributed by atoms with Crippen molar-refractivity contribution in [2.45, 2.75) is 38.7 Å². The number of aliphatic carboxylic acids is 1. The van der Waals surface area contributed by atoms with E-state index in [1.807, 2.05) is 4.90 Å². The Labute approximate surface area is 131 Å². The standard InChI is InChI=1S/C13H24N2O3.C2H4O2/c16-13(15-7-3-5-14-6-8-15)11-17-10-12-4-1-2-9-18-12;1-2(3)4/h12,14H,1-11H2;1H3,(H,3,4). The van der Waals surface area contributed by atoms with Gasteiger partial charge in [-0.1, -0.05) is 0 Å². The Bertz CT molecular complexity index is 320. The van der Waals surface area contributed by atoms with Crippen LogP contribution in [0.4, 0.5) is 0 Å². The normalized spacial score (nSPS) is 22.2. The molecule has 2 fully saturated rings. The molecule has 0 bridgehead atoms. The average Bonchev–Trinajstić information content (AvgIpc) is 2.77. The summed E-state index contributed by atoms with van der Waals surface area (Å²) in [5.74, 6) is -0.727. The number of nitrogens with one attached hydrogen (secondary N) is 1. The van der Waals surface area contributed by atoms with E-state index in [0.717, 1.165) is 59.0 Å². The quantitative estimate of drug-likeness (QED) is 0.784. The van der Waals surface area contributed by atoms with Gasteiger partial charge in [-0.25, -0.2) is 0 Å². The van der Waals surface area contributed by atoms with Gasteiger partial charge in [0.25, 0.3) is 5.97 Å². The lowest BCUT2D eigenvalue weighted by Gasteiger charge is -2.23. The fraction of sp³-hybridized carbons (Fsp3) is 0.867. The van der Waals surface area contributed by atoms with E-state index in [1.54, 1.807) is 0 Å². The summed E-state index contributed by atoms with van der Waals surface area (Å²) >= 11 is 0. The molecule has 0 aromatic carbocycles. The molecule has 7 heteroatoms. The lowest BCUT2D eigenvalue weighted by Crippen LogP contribution is -2.37. The molecular weight excluding hydrogens is 288 g/mol. The first-order valence-corrected chi connectivity index (χ1v) is 7.97. The number of amides is 1. The fourth-order valence-electron chi connectivity index (χ4n) is 2.40. The van der Waals surface area contributed by atoms with E-state index in [1.165, 1.54) is 6.42 Å². The molecule has 22 heavy (non-hydrogen) atoms. The molecule has 128 valence electrons. The van der Waals surface area contributed by atoms with Crippen molar-refractivity contribution in [3.05, 3.63) is 0 Å². The smallest absolute Gasteiger partial charge is 0.300 e. The van der Waals surface area contributed by atoms with Crippen molar-refractivity contribution in [2.24, 2.45) is 0 Å². The van der Waals surface area contributed by atoms with Crippen molar-refractivity contribution in [3.8, 4) is 0 Å². The summed E-state index contributed by atoms with van der Waals surface area (Å²) in [5.41, 5.74) is 0. The van der Waals surface area contributed by atoms with Crippen LogP contribution in [0, 0.1) is 0 Å². The zero-order valence-electron chi connectivity index (χ0n) is 13.4. The highest BCUT2D eigenvalue weighted by Crippen LogP contribution is 2.12. The van der Waals surface area contributed by atoms with E-state index in [-0.39, 0.29) is 18.6 Å². The van der Waals surface area contributed by atoms with Gasteiger partial charge in [0.2, 0.25) is 5.91 Å². The number of hydrogen-bond acceptors (Lipinski definition) is 5. The molecule has 2 aliphatic rings. The lowest BCUT2D eigenvalue weighted by atomic mass is 10.1. The van der Waals surface area contributed by atoms with Gasteiger partial charge in [-0.3, -0.25) is 9.59 Å². The number of carbonyl (C=O) groups excluding carboxylic acids is 1. The molecule has 2 N–H and O–H groups in total. The van der Waals surface area contributed by atoms with E-state index < -0.39 is 5.97 Å². The Hall–Kier alpha value is -1.18. The van der Waals surface area contributed by atoms with Gasteiger partial charge >= 0.3 is 0 Å². The predicted octanol–water partition coefficient (Wildman–Crippen LogP) is 0.485. The third-order valence-electron chi connectivity index (χ3n) is 3.50. The van der Waals surface area contributed by atoms with E-state index in [0.29, 0.717) is 6.61 Å². The van der Waals surface area contributed by atoms with Crippen LogP contribution < -0.4 is 5.32 Å². The van der Waals surface area contributed by atoms with Crippen LogP contribution in [0.25, 0.3) is 0 Å². The van der Waals surface area contributed by atoms with Gasteiger partial charge in [-0.05, 0) is 32.2 Å². The molecule has 1 amide bonds. The molecule has 2 aliphatic heterocycles. The Morgan fingerprint density at radius 3 is 2.73 bits per heavy atom. The Balaban J connectivity index is 0.000000541. The molecule has 7 nitrogen and oxygen atoms in total. The minimum atomic E-state index is -0.833. The average molecular weight is 316 g/mol. The topological polar surface area (TPSA) is 88.1 Å². The second kappa shape index (κ2) is 11.4. The number of nitrogens with zero attached hydrogens (tertiary/aromatic N) is 1. The summed E-state index contributed by atoms with van der Waals surface area (Å²) in [5, 5.41) is 10.7. The second-order valence-electron chi connectivity index (χ2n) is 5.51. The molecule has 0 aromatic heterocycles. The summed E-state index contributed by atoms with van der Waals surface area (Å²) in [6.07, 6.45) is 4.63.